The fourth-order valence-corrected chi connectivity index (χ4v) is 9.62. The average molecular weight is 547 g/mol. The van der Waals surface area contributed by atoms with Crippen LogP contribution < -0.4 is 0 Å². The Morgan fingerprint density at radius 3 is 2.13 bits per heavy atom. The van der Waals surface area contributed by atoms with Gasteiger partial charge in [-0.3, -0.25) is 4.79 Å². The average Bonchev–Trinajstić information content (AvgIpc) is 3.19. The molecule has 2 heterocycles. The van der Waals surface area contributed by atoms with E-state index in [0.717, 1.165) is 74.9 Å². The topological polar surface area (TPSA) is 94.5 Å². The highest BCUT2D eigenvalue weighted by Crippen LogP contribution is 2.61. The van der Waals surface area contributed by atoms with Crippen LogP contribution in [0.2, 0.25) is 0 Å². The molecule has 0 amide bonds. The standard InChI is InChI=1S/C32H50O7/c33-25-17-27(39-30-9-3-6-12-37-30)31(24(25)16-28(34)35)26(38-29-8-2-5-11-36-29)7-1-4-10-32-18-21-13-22(19-32)15-23(14-21)20-32/h7,21-25,27,29-31,33H,1-6,8-20H2,(H,34,35)/t21?,22?,23?,24-,25-,27+,29?,30?,31-,32?/m0/s1. The molecule has 0 aromatic heterocycles. The third-order valence-corrected chi connectivity index (χ3v) is 10.9. The zero-order chi connectivity index (χ0) is 26.8. The summed E-state index contributed by atoms with van der Waals surface area (Å²) < 4.78 is 24.9. The van der Waals surface area contributed by atoms with Crippen LogP contribution in [0, 0.1) is 35.0 Å². The largest absolute Gasteiger partial charge is 0.481 e. The van der Waals surface area contributed by atoms with Gasteiger partial charge in [-0.1, -0.05) is 0 Å². The molecule has 5 saturated carbocycles. The van der Waals surface area contributed by atoms with Gasteiger partial charge in [0.15, 0.2) is 12.6 Å². The minimum Gasteiger partial charge on any atom is -0.481 e. The Kier molecular flexibility index (Phi) is 8.89. The normalized spacial score (nSPS) is 44.0. The van der Waals surface area contributed by atoms with Gasteiger partial charge in [0, 0.05) is 31.3 Å². The molecule has 5 aliphatic carbocycles. The lowest BCUT2D eigenvalue weighted by molar-refractivity contribution is -0.201. The second-order valence-electron chi connectivity index (χ2n) is 13.9. The Morgan fingerprint density at radius 1 is 0.897 bits per heavy atom. The quantitative estimate of drug-likeness (QED) is 0.236. The molecule has 7 rings (SSSR count). The van der Waals surface area contributed by atoms with E-state index < -0.39 is 18.0 Å². The van der Waals surface area contributed by atoms with Gasteiger partial charge in [0.1, 0.15) is 5.76 Å². The molecule has 4 bridgehead atoms. The summed E-state index contributed by atoms with van der Waals surface area (Å²) in [6.45, 7) is 1.37. The highest BCUT2D eigenvalue weighted by Gasteiger charge is 2.51. The Hall–Kier alpha value is -1.15. The summed E-state index contributed by atoms with van der Waals surface area (Å²) in [5.41, 5.74) is 0.551. The molecule has 6 atom stereocenters. The summed E-state index contributed by atoms with van der Waals surface area (Å²) >= 11 is 0. The van der Waals surface area contributed by atoms with Crippen LogP contribution in [0.4, 0.5) is 0 Å². The van der Waals surface area contributed by atoms with E-state index in [4.69, 9.17) is 18.9 Å². The highest BCUT2D eigenvalue weighted by molar-refractivity contribution is 5.67. The van der Waals surface area contributed by atoms with Gasteiger partial charge in [-0.05, 0) is 119 Å². The zero-order valence-electron chi connectivity index (χ0n) is 23.6. The van der Waals surface area contributed by atoms with Gasteiger partial charge < -0.3 is 29.2 Å². The number of ether oxygens (including phenoxy) is 4. The lowest BCUT2D eigenvalue weighted by atomic mass is 9.48. The van der Waals surface area contributed by atoms with Crippen molar-refractivity contribution in [3.8, 4) is 0 Å². The van der Waals surface area contributed by atoms with Crippen LogP contribution in [0.1, 0.15) is 109 Å². The van der Waals surface area contributed by atoms with Crippen molar-refractivity contribution in [1.29, 1.82) is 0 Å². The number of rotatable bonds is 11. The van der Waals surface area contributed by atoms with E-state index in [1.165, 1.54) is 44.9 Å². The molecule has 2 saturated heterocycles. The van der Waals surface area contributed by atoms with E-state index in [2.05, 4.69) is 6.08 Å². The van der Waals surface area contributed by atoms with Crippen molar-refractivity contribution in [2.75, 3.05) is 13.2 Å². The van der Waals surface area contributed by atoms with Gasteiger partial charge in [-0.2, -0.15) is 0 Å². The zero-order valence-corrected chi connectivity index (χ0v) is 23.6. The van der Waals surface area contributed by atoms with E-state index >= 15 is 0 Å². The minimum atomic E-state index is -0.895. The number of carbonyl (C=O) groups is 1. The fraction of sp³-hybridized carbons (Fsp3) is 0.906. The van der Waals surface area contributed by atoms with Crippen molar-refractivity contribution in [3.05, 3.63) is 11.8 Å². The number of hydrogen-bond acceptors (Lipinski definition) is 6. The molecule has 7 nitrogen and oxygen atoms in total. The molecule has 0 spiro atoms. The van der Waals surface area contributed by atoms with Crippen molar-refractivity contribution in [1.82, 2.24) is 0 Å². The van der Waals surface area contributed by atoms with Gasteiger partial charge >= 0.3 is 5.97 Å². The van der Waals surface area contributed by atoms with Crippen LogP contribution >= 0.6 is 0 Å². The molecule has 2 unspecified atom stereocenters. The van der Waals surface area contributed by atoms with Crippen LogP contribution in [-0.2, 0) is 23.7 Å². The first-order valence-electron chi connectivity index (χ1n) is 16.1. The lowest BCUT2D eigenvalue weighted by Crippen LogP contribution is -2.45. The predicted octanol–water partition coefficient (Wildman–Crippen LogP) is 6.18. The fourth-order valence-electron chi connectivity index (χ4n) is 9.62. The Bertz CT molecular complexity index is 823. The van der Waals surface area contributed by atoms with Crippen molar-refractivity contribution < 1.29 is 34.0 Å². The summed E-state index contributed by atoms with van der Waals surface area (Å²) in [6.07, 6.45) is 18.7. The molecule has 220 valence electrons. The minimum absolute atomic E-state index is 0.100. The van der Waals surface area contributed by atoms with Crippen molar-refractivity contribution in [2.45, 2.75) is 134 Å². The van der Waals surface area contributed by atoms with E-state index in [9.17, 15) is 15.0 Å². The van der Waals surface area contributed by atoms with Crippen LogP contribution in [-0.4, -0.2) is 54.2 Å². The van der Waals surface area contributed by atoms with Gasteiger partial charge in [0.05, 0.1) is 25.2 Å². The third-order valence-electron chi connectivity index (χ3n) is 10.9. The van der Waals surface area contributed by atoms with Gasteiger partial charge in [0.25, 0.3) is 0 Å². The smallest absolute Gasteiger partial charge is 0.303 e. The van der Waals surface area contributed by atoms with E-state index in [0.29, 0.717) is 25.0 Å². The summed E-state index contributed by atoms with van der Waals surface area (Å²) in [6, 6.07) is 0. The first kappa shape index (κ1) is 28.0. The number of hydrogen-bond donors (Lipinski definition) is 2. The summed E-state index contributed by atoms with van der Waals surface area (Å²) in [4.78, 5) is 11.9. The maximum atomic E-state index is 11.9. The maximum Gasteiger partial charge on any atom is 0.303 e. The number of aliphatic hydroxyl groups excluding tert-OH is 1. The maximum absolute atomic E-state index is 11.9. The lowest BCUT2D eigenvalue weighted by Gasteiger charge is -2.57. The van der Waals surface area contributed by atoms with Gasteiger partial charge in [-0.25, -0.2) is 0 Å². The van der Waals surface area contributed by atoms with E-state index in [1.54, 1.807) is 0 Å². The molecule has 7 fully saturated rings. The van der Waals surface area contributed by atoms with Gasteiger partial charge in [0.2, 0.25) is 0 Å². The molecule has 7 aliphatic rings. The summed E-state index contributed by atoms with van der Waals surface area (Å²) in [7, 11) is 0. The third kappa shape index (κ3) is 6.68. The summed E-state index contributed by atoms with van der Waals surface area (Å²) in [5.74, 6) is 2.01. The number of carboxylic acid groups (broad SMARTS) is 1. The second-order valence-corrected chi connectivity index (χ2v) is 13.9. The Balaban J connectivity index is 1.18. The monoisotopic (exact) mass is 546 g/mol. The molecular weight excluding hydrogens is 496 g/mol. The molecular formula is C32H50O7. The molecule has 39 heavy (non-hydrogen) atoms. The molecule has 0 aromatic carbocycles. The molecule has 0 aromatic rings. The second kappa shape index (κ2) is 12.4. The van der Waals surface area contributed by atoms with E-state index in [1.807, 2.05) is 0 Å². The van der Waals surface area contributed by atoms with Crippen LogP contribution in [0.25, 0.3) is 0 Å². The van der Waals surface area contributed by atoms with E-state index in [-0.39, 0.29) is 31.0 Å². The number of allylic oxidation sites excluding steroid dienone is 1. The molecule has 2 aliphatic heterocycles. The van der Waals surface area contributed by atoms with Crippen molar-refractivity contribution in [2.24, 2.45) is 35.0 Å². The number of aliphatic carboxylic acids is 1. The van der Waals surface area contributed by atoms with Crippen LogP contribution in [0.3, 0.4) is 0 Å². The Morgan fingerprint density at radius 2 is 1.54 bits per heavy atom. The number of unbranched alkanes of at least 4 members (excludes halogenated alkanes) is 1. The van der Waals surface area contributed by atoms with Gasteiger partial charge in [-0.15, -0.1) is 0 Å². The first-order chi connectivity index (χ1) is 19.0. The first-order valence-corrected chi connectivity index (χ1v) is 16.1. The number of carboxylic acids is 1. The molecule has 2 N–H and O–H groups in total. The SMILES string of the molecule is O=C(O)C[C@@H]1[C@@H](C(=CCCCC23CC4CC(CC(C4)C2)C3)OC2CCCCO2)[C@H](OC2CCCCO2)C[C@@H]1O. The van der Waals surface area contributed by atoms with Crippen LogP contribution in [0.15, 0.2) is 11.8 Å². The predicted molar refractivity (Wildman–Crippen MR) is 146 cm³/mol. The van der Waals surface area contributed by atoms with Crippen molar-refractivity contribution >= 4 is 5.97 Å². The highest BCUT2D eigenvalue weighted by atomic mass is 16.7. The Labute approximate surface area is 234 Å². The summed E-state index contributed by atoms with van der Waals surface area (Å²) in [5, 5.41) is 20.8. The molecule has 7 heteroatoms. The van der Waals surface area contributed by atoms with Crippen LogP contribution in [0.5, 0.6) is 0 Å². The molecule has 0 radical (unpaired) electrons. The number of aliphatic hydroxyl groups is 1. The van der Waals surface area contributed by atoms with Crippen molar-refractivity contribution in [3.63, 3.8) is 0 Å².